The van der Waals surface area contributed by atoms with E-state index in [1.807, 2.05) is 0 Å². The van der Waals surface area contributed by atoms with Gasteiger partial charge in [0.1, 0.15) is 0 Å². The first-order valence-electron chi connectivity index (χ1n) is 8.26. The van der Waals surface area contributed by atoms with Crippen LogP contribution in [0.3, 0.4) is 0 Å². The molecule has 0 saturated carbocycles. The van der Waals surface area contributed by atoms with E-state index in [1.165, 1.54) is 11.1 Å². The molecule has 22 heavy (non-hydrogen) atoms. The van der Waals surface area contributed by atoms with Crippen molar-refractivity contribution in [2.45, 2.75) is 52.9 Å². The summed E-state index contributed by atoms with van der Waals surface area (Å²) in [4.78, 5) is 0. The molecule has 0 fully saturated rings. The summed E-state index contributed by atoms with van der Waals surface area (Å²) >= 11 is 0. The monoisotopic (exact) mass is 301 g/mol. The topological polar surface area (TPSA) is 51.0 Å². The number of benzene rings is 1. The molecular weight excluding hydrogens is 274 g/mol. The lowest BCUT2D eigenvalue weighted by atomic mass is 9.97. The Labute approximate surface area is 133 Å². The van der Waals surface area contributed by atoms with Gasteiger partial charge in [0.25, 0.3) is 0 Å². The summed E-state index contributed by atoms with van der Waals surface area (Å²) in [5.74, 6) is 1.45. The number of anilines is 1. The van der Waals surface area contributed by atoms with Gasteiger partial charge in [-0.3, -0.25) is 0 Å². The Balaban J connectivity index is 2.00. The molecule has 1 atom stereocenters. The number of hydrogen-bond acceptors (Lipinski definition) is 4. The Morgan fingerprint density at radius 2 is 1.82 bits per heavy atom. The summed E-state index contributed by atoms with van der Waals surface area (Å²) in [6, 6.07) is 9.24. The molecule has 0 aliphatic rings. The van der Waals surface area contributed by atoms with Crippen molar-refractivity contribution < 1.29 is 4.42 Å². The second-order valence-corrected chi connectivity index (χ2v) is 6.29. The smallest absolute Gasteiger partial charge is 0.315 e. The first kappa shape index (κ1) is 16.5. The van der Waals surface area contributed by atoms with Crippen molar-refractivity contribution in [3.63, 3.8) is 0 Å². The van der Waals surface area contributed by atoms with Gasteiger partial charge in [-0.05, 0) is 36.8 Å². The minimum absolute atomic E-state index is 0.113. The summed E-state index contributed by atoms with van der Waals surface area (Å²) in [6.07, 6.45) is 3.36. The van der Waals surface area contributed by atoms with Gasteiger partial charge in [-0.1, -0.05) is 56.6 Å². The van der Waals surface area contributed by atoms with Crippen LogP contribution in [-0.4, -0.2) is 16.7 Å². The highest BCUT2D eigenvalue weighted by molar-refractivity contribution is 5.29. The van der Waals surface area contributed by atoms with E-state index in [1.54, 1.807) is 0 Å². The second-order valence-electron chi connectivity index (χ2n) is 6.29. The van der Waals surface area contributed by atoms with E-state index in [9.17, 15) is 0 Å². The zero-order valence-electron chi connectivity index (χ0n) is 14.1. The maximum absolute atomic E-state index is 5.71. The van der Waals surface area contributed by atoms with Crippen LogP contribution in [-0.2, 0) is 6.42 Å². The summed E-state index contributed by atoms with van der Waals surface area (Å²) in [5.41, 5.74) is 2.58. The number of nitrogens with one attached hydrogen (secondary N) is 1. The van der Waals surface area contributed by atoms with Crippen LogP contribution in [0.4, 0.5) is 6.01 Å². The molecule has 1 N–H and O–H groups in total. The van der Waals surface area contributed by atoms with Gasteiger partial charge in [-0.25, -0.2) is 0 Å². The van der Waals surface area contributed by atoms with E-state index in [0.717, 1.165) is 25.8 Å². The Morgan fingerprint density at radius 1 is 1.09 bits per heavy atom. The fourth-order valence-corrected chi connectivity index (χ4v) is 2.41. The Bertz CT molecular complexity index is 560. The largest absolute Gasteiger partial charge is 0.407 e. The zero-order valence-corrected chi connectivity index (χ0v) is 14.1. The first-order chi connectivity index (χ1) is 10.6. The minimum Gasteiger partial charge on any atom is -0.407 e. The molecule has 0 aliphatic heterocycles. The molecule has 4 nitrogen and oxygen atoms in total. The second kappa shape index (κ2) is 7.97. The molecule has 2 rings (SSSR count). The van der Waals surface area contributed by atoms with Crippen LogP contribution in [0, 0.1) is 5.92 Å². The zero-order chi connectivity index (χ0) is 15.9. The quantitative estimate of drug-likeness (QED) is 0.722. The molecule has 2 aromatic rings. The third-order valence-electron chi connectivity index (χ3n) is 3.74. The van der Waals surface area contributed by atoms with Gasteiger partial charge in [0, 0.05) is 6.54 Å². The van der Waals surface area contributed by atoms with Crippen molar-refractivity contribution in [1.29, 1.82) is 0 Å². The third-order valence-corrected chi connectivity index (χ3v) is 3.74. The maximum atomic E-state index is 5.71. The number of hydrogen-bond donors (Lipinski definition) is 1. The molecule has 0 amide bonds. The van der Waals surface area contributed by atoms with Gasteiger partial charge in [-0.2, -0.15) is 0 Å². The molecule has 0 saturated heterocycles. The molecule has 0 radical (unpaired) electrons. The lowest BCUT2D eigenvalue weighted by Gasteiger charge is -2.09. The summed E-state index contributed by atoms with van der Waals surface area (Å²) in [7, 11) is 0. The fraction of sp³-hybridized carbons (Fsp3) is 0.556. The number of nitrogens with zero attached hydrogens (tertiary/aromatic N) is 2. The van der Waals surface area contributed by atoms with Crippen molar-refractivity contribution in [1.82, 2.24) is 10.2 Å². The molecular formula is C18H27N3O. The van der Waals surface area contributed by atoms with Crippen molar-refractivity contribution in [2.75, 3.05) is 11.9 Å². The highest BCUT2D eigenvalue weighted by atomic mass is 16.4. The molecule has 0 bridgehead atoms. The normalized spacial score (nSPS) is 12.6. The molecule has 0 aliphatic carbocycles. The lowest BCUT2D eigenvalue weighted by molar-refractivity contribution is 0.489. The highest BCUT2D eigenvalue weighted by Gasteiger charge is 2.16. The minimum atomic E-state index is 0.113. The van der Waals surface area contributed by atoms with Crippen molar-refractivity contribution >= 4 is 6.01 Å². The number of rotatable bonds is 8. The van der Waals surface area contributed by atoms with Gasteiger partial charge < -0.3 is 9.73 Å². The van der Waals surface area contributed by atoms with Gasteiger partial charge in [0.2, 0.25) is 5.89 Å². The molecule has 1 aromatic carbocycles. The average Bonchev–Trinajstić information content (AvgIpc) is 2.96. The van der Waals surface area contributed by atoms with Crippen LogP contribution in [0.15, 0.2) is 28.7 Å². The van der Waals surface area contributed by atoms with Crippen LogP contribution in [0.25, 0.3) is 0 Å². The van der Waals surface area contributed by atoms with Crippen molar-refractivity contribution in [3.8, 4) is 0 Å². The van der Waals surface area contributed by atoms with Crippen molar-refractivity contribution in [2.24, 2.45) is 5.92 Å². The van der Waals surface area contributed by atoms with E-state index in [-0.39, 0.29) is 5.92 Å². The average molecular weight is 301 g/mol. The predicted octanol–water partition coefficient (Wildman–Crippen LogP) is 4.63. The van der Waals surface area contributed by atoms with Crippen LogP contribution in [0.1, 0.15) is 63.5 Å². The van der Waals surface area contributed by atoms with E-state index in [0.29, 0.717) is 17.8 Å². The Morgan fingerprint density at radius 3 is 2.45 bits per heavy atom. The third kappa shape index (κ3) is 4.58. The molecule has 1 heterocycles. The number of unbranched alkanes of at least 4 members (excludes halogenated alkanes) is 1. The molecule has 0 spiro atoms. The lowest BCUT2D eigenvalue weighted by Crippen LogP contribution is -2.00. The van der Waals surface area contributed by atoms with Crippen molar-refractivity contribution in [3.05, 3.63) is 41.3 Å². The van der Waals surface area contributed by atoms with E-state index >= 15 is 0 Å². The SMILES string of the molecule is CCCCNc1nnc(C(C)c2ccc(CC(C)C)cc2)o1. The number of aromatic nitrogens is 2. The van der Waals surface area contributed by atoms with E-state index in [2.05, 4.69) is 67.5 Å². The first-order valence-corrected chi connectivity index (χ1v) is 8.26. The molecule has 1 unspecified atom stereocenters. The Hall–Kier alpha value is -1.84. The standard InChI is InChI=1S/C18H27N3O/c1-5-6-11-19-18-21-20-17(22-18)14(4)16-9-7-15(8-10-16)12-13(2)3/h7-10,13-14H,5-6,11-12H2,1-4H3,(H,19,21). The van der Waals surface area contributed by atoms with E-state index in [4.69, 9.17) is 4.42 Å². The van der Waals surface area contributed by atoms with Gasteiger partial charge in [0.05, 0.1) is 5.92 Å². The highest BCUT2D eigenvalue weighted by Crippen LogP contribution is 2.24. The van der Waals surface area contributed by atoms with Crippen LogP contribution in [0.5, 0.6) is 0 Å². The molecule has 120 valence electrons. The van der Waals surface area contributed by atoms with Gasteiger partial charge in [-0.15, -0.1) is 5.10 Å². The summed E-state index contributed by atoms with van der Waals surface area (Å²) in [6.45, 7) is 9.60. The fourth-order valence-electron chi connectivity index (χ4n) is 2.41. The van der Waals surface area contributed by atoms with Gasteiger partial charge in [0.15, 0.2) is 0 Å². The maximum Gasteiger partial charge on any atom is 0.315 e. The predicted molar refractivity (Wildman–Crippen MR) is 90.2 cm³/mol. The van der Waals surface area contributed by atoms with Crippen LogP contribution < -0.4 is 5.32 Å². The Kier molecular flexibility index (Phi) is 5.99. The van der Waals surface area contributed by atoms with E-state index < -0.39 is 0 Å². The summed E-state index contributed by atoms with van der Waals surface area (Å²) in [5, 5.41) is 11.4. The molecule has 4 heteroatoms. The van der Waals surface area contributed by atoms with Crippen LogP contribution >= 0.6 is 0 Å². The molecule has 1 aromatic heterocycles. The van der Waals surface area contributed by atoms with Crippen LogP contribution in [0.2, 0.25) is 0 Å². The summed E-state index contributed by atoms with van der Waals surface area (Å²) < 4.78 is 5.71. The van der Waals surface area contributed by atoms with Gasteiger partial charge >= 0.3 is 6.01 Å².